The molecule has 2 aromatic heterocycles. The van der Waals surface area contributed by atoms with Crippen molar-refractivity contribution in [3.8, 4) is 11.8 Å². The Balaban J connectivity index is 1.67. The lowest BCUT2D eigenvalue weighted by Gasteiger charge is -2.33. The van der Waals surface area contributed by atoms with E-state index in [1.807, 2.05) is 24.4 Å². The van der Waals surface area contributed by atoms with Crippen LogP contribution in [0.4, 0.5) is 5.00 Å². The highest BCUT2D eigenvalue weighted by atomic mass is 35.5. The van der Waals surface area contributed by atoms with Gasteiger partial charge in [-0.3, -0.25) is 0 Å². The molecule has 3 aromatic rings. The van der Waals surface area contributed by atoms with Gasteiger partial charge in [0.1, 0.15) is 11.1 Å². The molecule has 0 spiro atoms. The molecular weight excluding hydrogens is 457 g/mol. The van der Waals surface area contributed by atoms with E-state index in [0.29, 0.717) is 16.0 Å². The second-order valence-corrected chi connectivity index (χ2v) is 11.5. The van der Waals surface area contributed by atoms with Gasteiger partial charge in [-0.1, -0.05) is 44.0 Å². The highest BCUT2D eigenvalue weighted by Gasteiger charge is 2.32. The Morgan fingerprint density at radius 1 is 1.19 bits per heavy atom. The first-order valence-corrected chi connectivity index (χ1v) is 12.4. The minimum Gasteiger partial charge on any atom is -0.318 e. The molecule has 0 N–H and O–H groups in total. The fraction of sp³-hybridized carbons (Fsp3) is 0.385. The number of benzene rings is 1. The number of nitriles is 1. The lowest BCUT2D eigenvalue weighted by atomic mass is 9.72. The van der Waals surface area contributed by atoms with Crippen LogP contribution in [0.2, 0.25) is 10.0 Å². The molecule has 6 heteroatoms. The summed E-state index contributed by atoms with van der Waals surface area (Å²) in [6.07, 6.45) is 5.03. The van der Waals surface area contributed by atoms with Gasteiger partial charge >= 0.3 is 0 Å². The van der Waals surface area contributed by atoms with Crippen molar-refractivity contribution in [2.24, 2.45) is 16.3 Å². The average Bonchev–Trinajstić information content (AvgIpc) is 3.23. The average molecular weight is 484 g/mol. The minimum absolute atomic E-state index is 0.278. The van der Waals surface area contributed by atoms with Gasteiger partial charge in [0, 0.05) is 33.7 Å². The molecule has 0 amide bonds. The zero-order chi connectivity index (χ0) is 23.2. The standard InChI is InChI=1S/C26H27Cl2N3S/c1-15-10-17(16(2)31(15)19-7-9-22(27)23(28)12-19)14-30-25-21(13-29)20-8-6-18(26(3,4)5)11-24(20)32-25/h7,9-10,12,14,18H,6,8,11H2,1-5H3/t18-/m0/s1. The van der Waals surface area contributed by atoms with Crippen LogP contribution in [0.1, 0.15) is 60.1 Å². The van der Waals surface area contributed by atoms with Gasteiger partial charge in [-0.15, -0.1) is 11.3 Å². The van der Waals surface area contributed by atoms with Crippen LogP contribution >= 0.6 is 34.5 Å². The summed E-state index contributed by atoms with van der Waals surface area (Å²) in [4.78, 5) is 6.13. The second-order valence-electron chi connectivity index (χ2n) is 9.62. The van der Waals surface area contributed by atoms with E-state index >= 15 is 0 Å². The third-order valence-electron chi connectivity index (χ3n) is 6.54. The summed E-state index contributed by atoms with van der Waals surface area (Å²) in [7, 11) is 0. The number of hydrogen-bond donors (Lipinski definition) is 0. The molecule has 1 aromatic carbocycles. The van der Waals surface area contributed by atoms with Crippen LogP contribution in [0.15, 0.2) is 29.3 Å². The fourth-order valence-electron chi connectivity index (χ4n) is 4.58. The minimum atomic E-state index is 0.278. The number of nitrogens with zero attached hydrogens (tertiary/aromatic N) is 3. The van der Waals surface area contributed by atoms with E-state index < -0.39 is 0 Å². The first kappa shape index (κ1) is 23.1. The SMILES string of the molecule is Cc1cc(C=Nc2sc3c(c2C#N)CC[C@H](C(C)(C)C)C3)c(C)n1-c1ccc(Cl)c(Cl)c1. The highest BCUT2D eigenvalue weighted by Crippen LogP contribution is 2.45. The summed E-state index contributed by atoms with van der Waals surface area (Å²) < 4.78 is 2.14. The zero-order valence-electron chi connectivity index (χ0n) is 19.1. The Labute approximate surface area is 204 Å². The molecule has 1 aliphatic carbocycles. The summed E-state index contributed by atoms with van der Waals surface area (Å²) in [5, 5.41) is 11.7. The predicted molar refractivity (Wildman–Crippen MR) is 137 cm³/mol. The van der Waals surface area contributed by atoms with E-state index in [4.69, 9.17) is 28.2 Å². The van der Waals surface area contributed by atoms with E-state index in [1.54, 1.807) is 11.3 Å². The molecule has 0 bridgehead atoms. The molecule has 0 saturated heterocycles. The number of aliphatic imine (C=N–C) groups is 1. The zero-order valence-corrected chi connectivity index (χ0v) is 21.4. The molecular formula is C26H27Cl2N3S. The Kier molecular flexibility index (Phi) is 6.29. The van der Waals surface area contributed by atoms with Crippen molar-refractivity contribution in [2.75, 3.05) is 0 Å². The monoisotopic (exact) mass is 483 g/mol. The summed E-state index contributed by atoms with van der Waals surface area (Å²) in [6.45, 7) is 11.1. The van der Waals surface area contributed by atoms with Gasteiger partial charge in [0.25, 0.3) is 0 Å². The maximum atomic E-state index is 9.84. The molecule has 32 heavy (non-hydrogen) atoms. The molecule has 0 fully saturated rings. The number of halogens is 2. The molecule has 4 rings (SSSR count). The van der Waals surface area contributed by atoms with Gasteiger partial charge in [-0.05, 0) is 74.3 Å². The Bertz CT molecular complexity index is 1250. The first-order valence-electron chi connectivity index (χ1n) is 10.8. The number of hydrogen-bond acceptors (Lipinski definition) is 3. The molecule has 166 valence electrons. The lowest BCUT2D eigenvalue weighted by Crippen LogP contribution is -2.26. The van der Waals surface area contributed by atoms with Crippen LogP contribution in [-0.2, 0) is 12.8 Å². The number of thiophene rings is 1. The Morgan fingerprint density at radius 2 is 1.94 bits per heavy atom. The largest absolute Gasteiger partial charge is 0.318 e. The summed E-state index contributed by atoms with van der Waals surface area (Å²) in [5.41, 5.74) is 6.39. The van der Waals surface area contributed by atoms with Gasteiger partial charge in [0.2, 0.25) is 0 Å². The number of fused-ring (bicyclic) bond motifs is 1. The van der Waals surface area contributed by atoms with Crippen molar-refractivity contribution in [3.63, 3.8) is 0 Å². The van der Waals surface area contributed by atoms with Crippen LogP contribution in [0.25, 0.3) is 5.69 Å². The van der Waals surface area contributed by atoms with Crippen molar-refractivity contribution >= 4 is 45.8 Å². The smallest absolute Gasteiger partial charge is 0.134 e. The predicted octanol–water partition coefficient (Wildman–Crippen LogP) is 8.24. The van der Waals surface area contributed by atoms with Crippen LogP contribution in [0.5, 0.6) is 0 Å². The molecule has 1 aliphatic rings. The fourth-order valence-corrected chi connectivity index (χ4v) is 6.10. The third-order valence-corrected chi connectivity index (χ3v) is 8.44. The molecule has 0 unspecified atom stereocenters. The number of aromatic nitrogens is 1. The van der Waals surface area contributed by atoms with E-state index in [2.05, 4.69) is 51.3 Å². The Morgan fingerprint density at radius 3 is 2.59 bits per heavy atom. The van der Waals surface area contributed by atoms with E-state index in [0.717, 1.165) is 52.5 Å². The van der Waals surface area contributed by atoms with Crippen LogP contribution in [0.3, 0.4) is 0 Å². The summed E-state index contributed by atoms with van der Waals surface area (Å²) in [5.74, 6) is 0.641. The molecule has 2 heterocycles. The van der Waals surface area contributed by atoms with Gasteiger partial charge in [-0.25, -0.2) is 4.99 Å². The lowest BCUT2D eigenvalue weighted by molar-refractivity contribution is 0.218. The van der Waals surface area contributed by atoms with E-state index in [9.17, 15) is 5.26 Å². The maximum absolute atomic E-state index is 9.84. The molecule has 3 nitrogen and oxygen atoms in total. The van der Waals surface area contributed by atoms with Crippen LogP contribution < -0.4 is 0 Å². The van der Waals surface area contributed by atoms with Gasteiger partial charge < -0.3 is 4.57 Å². The Hall–Kier alpha value is -2.06. The normalized spacial score (nSPS) is 16.4. The van der Waals surface area contributed by atoms with Crippen molar-refractivity contribution in [3.05, 3.63) is 67.3 Å². The molecule has 0 saturated carbocycles. The van der Waals surface area contributed by atoms with E-state index in [-0.39, 0.29) is 5.41 Å². The summed E-state index contributed by atoms with van der Waals surface area (Å²) in [6, 6.07) is 10.2. The topological polar surface area (TPSA) is 41.1 Å². The first-order chi connectivity index (χ1) is 15.1. The molecule has 0 radical (unpaired) electrons. The van der Waals surface area contributed by atoms with Crippen molar-refractivity contribution < 1.29 is 0 Å². The third kappa shape index (κ3) is 4.27. The number of rotatable bonds is 3. The highest BCUT2D eigenvalue weighted by molar-refractivity contribution is 7.16. The molecule has 0 aliphatic heterocycles. The van der Waals surface area contributed by atoms with Crippen LogP contribution in [0, 0.1) is 36.5 Å². The van der Waals surface area contributed by atoms with Gasteiger partial charge in [-0.2, -0.15) is 5.26 Å². The van der Waals surface area contributed by atoms with Crippen LogP contribution in [-0.4, -0.2) is 10.8 Å². The van der Waals surface area contributed by atoms with Gasteiger partial charge in [0.05, 0.1) is 15.6 Å². The molecule has 1 atom stereocenters. The number of aryl methyl sites for hydroxylation is 1. The second kappa shape index (κ2) is 8.71. The quantitative estimate of drug-likeness (QED) is 0.345. The van der Waals surface area contributed by atoms with E-state index in [1.165, 1.54) is 10.4 Å². The van der Waals surface area contributed by atoms with Gasteiger partial charge in [0.15, 0.2) is 0 Å². The van der Waals surface area contributed by atoms with Crippen molar-refractivity contribution in [2.45, 2.75) is 53.9 Å². The summed E-state index contributed by atoms with van der Waals surface area (Å²) >= 11 is 14.0. The van der Waals surface area contributed by atoms with Crippen molar-refractivity contribution in [1.29, 1.82) is 5.26 Å². The maximum Gasteiger partial charge on any atom is 0.134 e. The van der Waals surface area contributed by atoms with Crippen molar-refractivity contribution in [1.82, 2.24) is 4.57 Å².